The van der Waals surface area contributed by atoms with Crippen LogP contribution in [0.3, 0.4) is 0 Å². The lowest BCUT2D eigenvalue weighted by molar-refractivity contribution is -0.139. The molecule has 1 aliphatic rings. The summed E-state index contributed by atoms with van der Waals surface area (Å²) in [6, 6.07) is 15.8. The molecule has 0 unspecified atom stereocenters. The van der Waals surface area contributed by atoms with E-state index in [4.69, 9.17) is 9.47 Å². The maximum absolute atomic E-state index is 11.7. The smallest absolute Gasteiger partial charge is 0.303 e. The van der Waals surface area contributed by atoms with Gasteiger partial charge in [-0.15, -0.1) is 0 Å². The van der Waals surface area contributed by atoms with E-state index in [9.17, 15) is 15.0 Å². The molecule has 7 nitrogen and oxygen atoms in total. The minimum absolute atomic E-state index is 0.0983. The number of carboxylic acids is 1. The number of piperidine rings is 1. The molecule has 2 N–H and O–H groups in total. The lowest BCUT2D eigenvalue weighted by atomic mass is 9.79. The number of benzene rings is 2. The van der Waals surface area contributed by atoms with Crippen molar-refractivity contribution >= 4 is 16.9 Å². The molecule has 3 aromatic rings. The van der Waals surface area contributed by atoms with Crippen LogP contribution in [0.1, 0.15) is 55.8 Å². The number of fused-ring (bicyclic) bond motifs is 1. The third-order valence-electron chi connectivity index (χ3n) is 7.89. The van der Waals surface area contributed by atoms with E-state index in [-0.39, 0.29) is 18.3 Å². The number of aromatic nitrogens is 1. The lowest BCUT2D eigenvalue weighted by Gasteiger charge is -2.38. The number of ether oxygens (including phenoxy) is 2. The molecule has 0 bridgehead atoms. The second-order valence-electron chi connectivity index (χ2n) is 10.4. The first-order valence-corrected chi connectivity index (χ1v) is 13.6. The zero-order valence-corrected chi connectivity index (χ0v) is 22.5. The van der Waals surface area contributed by atoms with E-state index >= 15 is 0 Å². The standard InChI is InChI=1S/C31H40N2O5/c1-37-25-8-5-7-22(18-25)6-3-4-16-33-17-14-23(24(21-33)19-31(35)36)9-12-30(34)27-13-15-32-29-11-10-26(38-2)20-28(27)29/h5,7-8,10-11,13,15,18,20,23-24,30,34H,3-4,6,9,12,14,16-17,19,21H2,1-2H3,(H,35,36)/t23-,24+,30+/m1/s1. The maximum Gasteiger partial charge on any atom is 0.303 e. The van der Waals surface area contributed by atoms with Gasteiger partial charge < -0.3 is 24.6 Å². The zero-order valence-electron chi connectivity index (χ0n) is 22.5. The van der Waals surface area contributed by atoms with Crippen LogP contribution in [-0.2, 0) is 11.2 Å². The van der Waals surface area contributed by atoms with Gasteiger partial charge in [0.1, 0.15) is 11.5 Å². The van der Waals surface area contributed by atoms with Gasteiger partial charge >= 0.3 is 5.97 Å². The SMILES string of the molecule is COc1cccc(CCCCN2CC[C@@H](CC[C@H](O)c3ccnc4ccc(OC)cc34)[C@@H](CC(=O)O)C2)c1. The van der Waals surface area contributed by atoms with Gasteiger partial charge in [0.05, 0.1) is 25.8 Å². The Kier molecular flexibility index (Phi) is 9.96. The first-order valence-electron chi connectivity index (χ1n) is 13.6. The van der Waals surface area contributed by atoms with Crippen molar-refractivity contribution in [3.63, 3.8) is 0 Å². The Morgan fingerprint density at radius 2 is 1.89 bits per heavy atom. The van der Waals surface area contributed by atoms with Gasteiger partial charge in [-0.3, -0.25) is 9.78 Å². The molecule has 38 heavy (non-hydrogen) atoms. The summed E-state index contributed by atoms with van der Waals surface area (Å²) >= 11 is 0. The third kappa shape index (κ3) is 7.45. The summed E-state index contributed by atoms with van der Waals surface area (Å²) in [5.74, 6) is 1.27. The summed E-state index contributed by atoms with van der Waals surface area (Å²) in [5, 5.41) is 21.6. The first kappa shape index (κ1) is 27.9. The average Bonchev–Trinajstić information content (AvgIpc) is 2.93. The second-order valence-corrected chi connectivity index (χ2v) is 10.4. The zero-order chi connectivity index (χ0) is 26.9. The molecule has 1 aromatic heterocycles. The van der Waals surface area contributed by atoms with Crippen LogP contribution < -0.4 is 9.47 Å². The quantitative estimate of drug-likeness (QED) is 0.288. The number of carbonyl (C=O) groups is 1. The number of methoxy groups -OCH3 is 2. The van der Waals surface area contributed by atoms with E-state index in [1.807, 2.05) is 36.4 Å². The van der Waals surface area contributed by atoms with E-state index in [2.05, 4.69) is 22.0 Å². The molecule has 0 aliphatic carbocycles. The van der Waals surface area contributed by atoms with Gasteiger partial charge in [-0.05, 0) is 111 Å². The van der Waals surface area contributed by atoms with Gasteiger partial charge in [0, 0.05) is 24.5 Å². The molecule has 0 saturated carbocycles. The van der Waals surface area contributed by atoms with Crippen molar-refractivity contribution in [3.8, 4) is 11.5 Å². The van der Waals surface area contributed by atoms with Crippen molar-refractivity contribution in [2.75, 3.05) is 33.9 Å². The predicted octanol–water partition coefficient (Wildman–Crippen LogP) is 5.50. The molecular formula is C31H40N2O5. The van der Waals surface area contributed by atoms with Crippen LogP contribution in [0.15, 0.2) is 54.7 Å². The summed E-state index contributed by atoms with van der Waals surface area (Å²) in [5.41, 5.74) is 2.95. The van der Waals surface area contributed by atoms with Crippen molar-refractivity contribution in [1.29, 1.82) is 0 Å². The number of hydrogen-bond acceptors (Lipinski definition) is 6. The summed E-state index contributed by atoms with van der Waals surface area (Å²) in [7, 11) is 3.32. The first-order chi connectivity index (χ1) is 18.5. The Labute approximate surface area is 225 Å². The van der Waals surface area contributed by atoms with Gasteiger partial charge in [0.25, 0.3) is 0 Å². The van der Waals surface area contributed by atoms with E-state index < -0.39 is 12.1 Å². The molecule has 1 aliphatic heterocycles. The van der Waals surface area contributed by atoms with Crippen LogP contribution in [-0.4, -0.2) is 59.9 Å². The van der Waals surface area contributed by atoms with Crippen molar-refractivity contribution in [1.82, 2.24) is 9.88 Å². The monoisotopic (exact) mass is 520 g/mol. The maximum atomic E-state index is 11.7. The van der Waals surface area contributed by atoms with Crippen LogP contribution >= 0.6 is 0 Å². The van der Waals surface area contributed by atoms with E-state index in [1.165, 1.54) is 5.56 Å². The number of aliphatic hydroxyl groups excluding tert-OH is 1. The van der Waals surface area contributed by atoms with Crippen molar-refractivity contribution in [2.24, 2.45) is 11.8 Å². The Morgan fingerprint density at radius 3 is 2.68 bits per heavy atom. The number of unbranched alkanes of at least 4 members (excludes halogenated alkanes) is 1. The minimum Gasteiger partial charge on any atom is -0.497 e. The lowest BCUT2D eigenvalue weighted by Crippen LogP contribution is -2.41. The van der Waals surface area contributed by atoms with Crippen LogP contribution in [0, 0.1) is 11.8 Å². The van der Waals surface area contributed by atoms with Crippen molar-refractivity contribution in [2.45, 2.75) is 51.0 Å². The molecule has 204 valence electrons. The van der Waals surface area contributed by atoms with Crippen molar-refractivity contribution < 1.29 is 24.5 Å². The van der Waals surface area contributed by atoms with Crippen LogP contribution in [0.5, 0.6) is 11.5 Å². The minimum atomic E-state index is -0.743. The molecule has 0 radical (unpaired) electrons. The molecule has 1 fully saturated rings. The molecule has 7 heteroatoms. The molecule has 4 rings (SSSR count). The molecular weight excluding hydrogens is 480 g/mol. The van der Waals surface area contributed by atoms with Crippen LogP contribution in [0.25, 0.3) is 10.9 Å². The Balaban J connectivity index is 1.30. The number of likely N-dealkylation sites (tertiary alicyclic amines) is 1. The molecule has 3 atom stereocenters. The predicted molar refractivity (Wildman–Crippen MR) is 149 cm³/mol. The normalized spacial score (nSPS) is 18.8. The topological polar surface area (TPSA) is 92.1 Å². The van der Waals surface area contributed by atoms with Crippen LogP contribution in [0.2, 0.25) is 0 Å². The van der Waals surface area contributed by atoms with E-state index in [0.29, 0.717) is 6.42 Å². The molecule has 1 saturated heterocycles. The number of nitrogens with zero attached hydrogens (tertiary/aromatic N) is 2. The highest BCUT2D eigenvalue weighted by molar-refractivity contribution is 5.83. The number of pyridine rings is 1. The molecule has 0 spiro atoms. The highest BCUT2D eigenvalue weighted by Crippen LogP contribution is 2.35. The van der Waals surface area contributed by atoms with Gasteiger partial charge in [-0.25, -0.2) is 0 Å². The molecule has 2 aromatic carbocycles. The number of rotatable bonds is 13. The van der Waals surface area contributed by atoms with Gasteiger partial charge in [0.15, 0.2) is 0 Å². The summed E-state index contributed by atoms with van der Waals surface area (Å²) in [4.78, 5) is 18.5. The number of hydrogen-bond donors (Lipinski definition) is 2. The summed E-state index contributed by atoms with van der Waals surface area (Å²) in [6.45, 7) is 2.77. The Hall–Kier alpha value is -3.16. The number of aliphatic carboxylic acids is 1. The van der Waals surface area contributed by atoms with Crippen LogP contribution in [0.4, 0.5) is 0 Å². The highest BCUT2D eigenvalue weighted by Gasteiger charge is 2.31. The Bertz CT molecular complexity index is 1200. The van der Waals surface area contributed by atoms with Gasteiger partial charge in [0.2, 0.25) is 0 Å². The average molecular weight is 521 g/mol. The number of carboxylic acid groups (broad SMARTS) is 1. The van der Waals surface area contributed by atoms with E-state index in [1.54, 1.807) is 20.4 Å². The number of aliphatic hydroxyl groups is 1. The Morgan fingerprint density at radius 1 is 1.08 bits per heavy atom. The fourth-order valence-electron chi connectivity index (χ4n) is 5.78. The third-order valence-corrected chi connectivity index (χ3v) is 7.89. The largest absolute Gasteiger partial charge is 0.497 e. The van der Waals surface area contributed by atoms with Gasteiger partial charge in [-0.2, -0.15) is 0 Å². The summed E-state index contributed by atoms with van der Waals surface area (Å²) < 4.78 is 10.7. The van der Waals surface area contributed by atoms with Gasteiger partial charge in [-0.1, -0.05) is 12.1 Å². The van der Waals surface area contributed by atoms with E-state index in [0.717, 1.165) is 79.7 Å². The molecule has 2 heterocycles. The molecule has 0 amide bonds. The fourth-order valence-corrected chi connectivity index (χ4v) is 5.78. The van der Waals surface area contributed by atoms with Crippen molar-refractivity contribution in [3.05, 3.63) is 65.9 Å². The second kappa shape index (κ2) is 13.6. The fraction of sp³-hybridized carbons (Fsp3) is 0.484. The summed E-state index contributed by atoms with van der Waals surface area (Å²) in [6.07, 6.45) is 6.82. The number of aryl methyl sites for hydroxylation is 1. The highest BCUT2D eigenvalue weighted by atomic mass is 16.5.